The highest BCUT2D eigenvalue weighted by Gasteiger charge is 2.34. The molecule has 0 aliphatic rings. The molecule has 0 spiro atoms. The Morgan fingerprint density at radius 1 is 1.26 bits per heavy atom. The highest BCUT2D eigenvalue weighted by atomic mass is 32.2. The molecule has 158 valence electrons. The van der Waals surface area contributed by atoms with Gasteiger partial charge in [0.15, 0.2) is 5.78 Å². The maximum atomic E-state index is 12.6. The fraction of sp³-hybridized carbons (Fsp3) is 0.800. The number of carboxylic acids is 1. The Labute approximate surface area is 170 Å². The second-order valence-corrected chi connectivity index (χ2v) is 8.95. The number of carboxylic acid groups (broad SMARTS) is 1. The van der Waals surface area contributed by atoms with E-state index < -0.39 is 63.2 Å². The van der Waals surface area contributed by atoms with Gasteiger partial charge in [-0.1, -0.05) is 20.3 Å². The van der Waals surface area contributed by atoms with Crippen molar-refractivity contribution < 1.29 is 32.5 Å². The van der Waals surface area contributed by atoms with Crippen LogP contribution in [0.25, 0.3) is 0 Å². The van der Waals surface area contributed by atoms with E-state index in [2.05, 4.69) is 30.6 Å². The summed E-state index contributed by atoms with van der Waals surface area (Å²) in [5.74, 6) is -5.33. The van der Waals surface area contributed by atoms with Crippen LogP contribution >= 0.6 is 25.3 Å². The highest BCUT2D eigenvalue weighted by molar-refractivity contribution is 7.85. The molecule has 12 heteroatoms. The van der Waals surface area contributed by atoms with Gasteiger partial charge < -0.3 is 16.2 Å². The standard InChI is InChI=1S/C15H28N2O7S3/c1-3-8(2)12(17-14(19)13(26)10(16)4-5-25)11(18)6-9(15(20)21)7-27(22,23)24/h8-10,12-13,25-26H,3-7,16H2,1-2H3,(H,17,19)(H,20,21)(H,22,23,24)/t8-,9+,10-,12+,13-/m1/s1. The normalized spacial score (nSPS) is 17.4. The number of hydrogen-bond acceptors (Lipinski definition) is 8. The SMILES string of the molecule is CC[C@@H](C)[C@H](NC(=O)[C@H](S)[C@H](N)CCS)C(=O)C[C@@H](CS(=O)(=O)O)C(=O)O. The van der Waals surface area contributed by atoms with Crippen molar-refractivity contribution in [1.29, 1.82) is 0 Å². The number of ketones is 1. The molecule has 0 aliphatic heterocycles. The minimum absolute atomic E-state index is 0.330. The Kier molecular flexibility index (Phi) is 11.5. The number of carbonyl (C=O) groups excluding carboxylic acids is 2. The average molecular weight is 445 g/mol. The maximum Gasteiger partial charge on any atom is 0.308 e. The van der Waals surface area contributed by atoms with Gasteiger partial charge in [-0.2, -0.15) is 33.7 Å². The molecule has 1 amide bonds. The van der Waals surface area contributed by atoms with Crippen LogP contribution in [0.5, 0.6) is 0 Å². The molecular formula is C15H28N2O7S3. The van der Waals surface area contributed by atoms with E-state index in [1.807, 2.05) is 0 Å². The lowest BCUT2D eigenvalue weighted by Gasteiger charge is -2.27. The molecule has 0 bridgehead atoms. The summed E-state index contributed by atoms with van der Waals surface area (Å²) in [6, 6.07) is -1.60. The Morgan fingerprint density at radius 2 is 1.81 bits per heavy atom. The Morgan fingerprint density at radius 3 is 2.22 bits per heavy atom. The third-order valence-corrected chi connectivity index (χ3v) is 5.90. The maximum absolute atomic E-state index is 12.6. The summed E-state index contributed by atoms with van der Waals surface area (Å²) in [5.41, 5.74) is 5.84. The van der Waals surface area contributed by atoms with Crippen LogP contribution in [-0.4, -0.2) is 64.6 Å². The Hall–Kier alpha value is -0.820. The number of nitrogens with one attached hydrogen (secondary N) is 1. The summed E-state index contributed by atoms with van der Waals surface area (Å²) >= 11 is 8.20. The fourth-order valence-corrected chi connectivity index (χ4v) is 3.65. The minimum Gasteiger partial charge on any atom is -0.481 e. The van der Waals surface area contributed by atoms with Gasteiger partial charge in [-0.15, -0.1) is 0 Å². The zero-order valence-corrected chi connectivity index (χ0v) is 17.8. The van der Waals surface area contributed by atoms with Gasteiger partial charge in [0.05, 0.1) is 23.0 Å². The quantitative estimate of drug-likeness (QED) is 0.171. The van der Waals surface area contributed by atoms with Crippen LogP contribution in [-0.2, 0) is 24.5 Å². The van der Waals surface area contributed by atoms with Gasteiger partial charge >= 0.3 is 5.97 Å². The first-order valence-corrected chi connectivity index (χ1v) is 11.1. The van der Waals surface area contributed by atoms with Crippen molar-refractivity contribution in [2.24, 2.45) is 17.6 Å². The van der Waals surface area contributed by atoms with Gasteiger partial charge in [0, 0.05) is 12.5 Å². The van der Waals surface area contributed by atoms with Gasteiger partial charge in [-0.3, -0.25) is 18.9 Å². The lowest BCUT2D eigenvalue weighted by molar-refractivity contribution is -0.143. The van der Waals surface area contributed by atoms with E-state index in [1.165, 1.54) is 0 Å². The molecular weight excluding hydrogens is 416 g/mol. The number of aliphatic carboxylic acids is 1. The highest BCUT2D eigenvalue weighted by Crippen LogP contribution is 2.17. The summed E-state index contributed by atoms with van der Waals surface area (Å²) in [6.45, 7) is 3.48. The van der Waals surface area contributed by atoms with Gasteiger partial charge in [-0.25, -0.2) is 0 Å². The predicted molar refractivity (Wildman–Crippen MR) is 108 cm³/mol. The zero-order chi connectivity index (χ0) is 21.4. The first-order valence-electron chi connectivity index (χ1n) is 8.39. The fourth-order valence-electron chi connectivity index (χ4n) is 2.36. The van der Waals surface area contributed by atoms with Crippen LogP contribution in [0.15, 0.2) is 0 Å². The molecule has 5 atom stereocenters. The zero-order valence-electron chi connectivity index (χ0n) is 15.2. The Bertz CT molecular complexity index is 627. The molecule has 0 aromatic rings. The summed E-state index contributed by atoms with van der Waals surface area (Å²) in [5, 5.41) is 10.8. The lowest BCUT2D eigenvalue weighted by Crippen LogP contribution is -2.52. The molecule has 0 fully saturated rings. The van der Waals surface area contributed by atoms with Crippen LogP contribution in [0, 0.1) is 11.8 Å². The van der Waals surface area contributed by atoms with E-state index in [0.29, 0.717) is 18.6 Å². The largest absolute Gasteiger partial charge is 0.481 e. The van der Waals surface area contributed by atoms with E-state index in [9.17, 15) is 22.8 Å². The number of thiol groups is 2. The molecule has 9 nitrogen and oxygen atoms in total. The van der Waals surface area contributed by atoms with Crippen LogP contribution in [0.2, 0.25) is 0 Å². The van der Waals surface area contributed by atoms with Crippen LogP contribution in [0.1, 0.15) is 33.1 Å². The number of hydrogen-bond donors (Lipinski definition) is 6. The number of carbonyl (C=O) groups is 3. The molecule has 0 aromatic carbocycles. The molecule has 0 radical (unpaired) electrons. The molecule has 0 saturated carbocycles. The van der Waals surface area contributed by atoms with E-state index in [1.54, 1.807) is 13.8 Å². The summed E-state index contributed by atoms with van der Waals surface area (Å²) in [6.07, 6.45) is 0.291. The van der Waals surface area contributed by atoms with Crippen molar-refractivity contribution in [3.05, 3.63) is 0 Å². The Balaban J connectivity index is 5.30. The molecule has 0 aromatic heterocycles. The first-order chi connectivity index (χ1) is 12.3. The van der Waals surface area contributed by atoms with Crippen molar-refractivity contribution in [3.63, 3.8) is 0 Å². The van der Waals surface area contributed by atoms with Crippen LogP contribution < -0.4 is 11.1 Å². The van der Waals surface area contributed by atoms with Crippen molar-refractivity contribution in [2.45, 2.75) is 50.4 Å². The van der Waals surface area contributed by atoms with Gasteiger partial charge in [-0.05, 0) is 18.1 Å². The van der Waals surface area contributed by atoms with Crippen molar-refractivity contribution in [1.82, 2.24) is 5.32 Å². The third kappa shape index (κ3) is 9.79. The molecule has 5 N–H and O–H groups in total. The molecule has 0 saturated heterocycles. The van der Waals surface area contributed by atoms with Crippen molar-refractivity contribution in [2.75, 3.05) is 11.5 Å². The number of rotatable bonds is 13. The second kappa shape index (κ2) is 11.9. The number of amides is 1. The molecule has 0 aliphatic carbocycles. The number of Topliss-reactive ketones (excluding diaryl/α,β-unsaturated/α-hetero) is 1. The van der Waals surface area contributed by atoms with Crippen molar-refractivity contribution in [3.8, 4) is 0 Å². The predicted octanol–water partition coefficient (Wildman–Crippen LogP) is 0.0107. The average Bonchev–Trinajstić information content (AvgIpc) is 2.56. The molecule has 0 heterocycles. The first kappa shape index (κ1) is 26.2. The monoisotopic (exact) mass is 444 g/mol. The van der Waals surface area contributed by atoms with E-state index in [-0.39, 0.29) is 5.92 Å². The van der Waals surface area contributed by atoms with Gasteiger partial charge in [0.2, 0.25) is 5.91 Å². The second-order valence-electron chi connectivity index (χ2n) is 6.45. The number of nitrogens with two attached hydrogens (primary N) is 1. The van der Waals surface area contributed by atoms with Gasteiger partial charge in [0.25, 0.3) is 10.1 Å². The van der Waals surface area contributed by atoms with E-state index >= 15 is 0 Å². The van der Waals surface area contributed by atoms with Gasteiger partial charge in [0.1, 0.15) is 0 Å². The lowest BCUT2D eigenvalue weighted by atomic mass is 9.90. The van der Waals surface area contributed by atoms with E-state index in [0.717, 1.165) is 0 Å². The van der Waals surface area contributed by atoms with Crippen LogP contribution in [0.4, 0.5) is 0 Å². The topological polar surface area (TPSA) is 164 Å². The third-order valence-electron chi connectivity index (χ3n) is 4.20. The smallest absolute Gasteiger partial charge is 0.308 e. The van der Waals surface area contributed by atoms with E-state index in [4.69, 9.17) is 15.4 Å². The van der Waals surface area contributed by atoms with Crippen LogP contribution in [0.3, 0.4) is 0 Å². The molecule has 27 heavy (non-hydrogen) atoms. The summed E-state index contributed by atoms with van der Waals surface area (Å²) in [4.78, 5) is 36.1. The summed E-state index contributed by atoms with van der Waals surface area (Å²) in [7, 11) is -4.58. The van der Waals surface area contributed by atoms with Crippen molar-refractivity contribution >= 4 is 53.0 Å². The molecule has 0 unspecified atom stereocenters. The summed E-state index contributed by atoms with van der Waals surface area (Å²) < 4.78 is 30.8. The minimum atomic E-state index is -4.58. The molecule has 0 rings (SSSR count).